The first-order valence-corrected chi connectivity index (χ1v) is 5.95. The van der Waals surface area contributed by atoms with Crippen LogP contribution in [0.5, 0.6) is 0 Å². The van der Waals surface area contributed by atoms with Crippen LogP contribution in [0.25, 0.3) is 0 Å². The Morgan fingerprint density at radius 3 is 2.65 bits per heavy atom. The molecule has 0 spiro atoms. The summed E-state index contributed by atoms with van der Waals surface area (Å²) >= 11 is 0. The van der Waals surface area contributed by atoms with Crippen LogP contribution < -0.4 is 16.4 Å². The van der Waals surface area contributed by atoms with Gasteiger partial charge in [-0.25, -0.2) is 4.98 Å². The molecule has 5 heteroatoms. The molecule has 1 aromatic heterocycles. The Balaban J connectivity index is 2.14. The molecule has 2 rings (SSSR count). The van der Waals surface area contributed by atoms with Crippen molar-refractivity contribution in [2.75, 3.05) is 18.0 Å². The van der Waals surface area contributed by atoms with Gasteiger partial charge in [-0.2, -0.15) is 0 Å². The maximum atomic E-state index is 11.0. The van der Waals surface area contributed by atoms with Gasteiger partial charge in [-0.1, -0.05) is 0 Å². The standard InChI is InChI=1S/C12H18N4O/c13-6-7-16(10-2-1-3-10)11-5-4-9(8-15-11)12(14)17/h4-5,8,10H,1-3,6-7,13H2,(H2,14,17). The van der Waals surface area contributed by atoms with Gasteiger partial charge in [-0.3, -0.25) is 4.79 Å². The summed E-state index contributed by atoms with van der Waals surface area (Å²) in [5.74, 6) is 0.434. The summed E-state index contributed by atoms with van der Waals surface area (Å²) in [5.41, 5.74) is 11.2. The molecule has 1 amide bonds. The zero-order valence-electron chi connectivity index (χ0n) is 9.80. The highest BCUT2D eigenvalue weighted by atomic mass is 16.1. The summed E-state index contributed by atoms with van der Waals surface area (Å²) in [7, 11) is 0. The maximum absolute atomic E-state index is 11.0. The topological polar surface area (TPSA) is 85.2 Å². The molecule has 0 aromatic carbocycles. The third-order valence-corrected chi connectivity index (χ3v) is 3.21. The van der Waals surface area contributed by atoms with Gasteiger partial charge >= 0.3 is 0 Å². The van der Waals surface area contributed by atoms with Gasteiger partial charge in [0.15, 0.2) is 0 Å². The van der Waals surface area contributed by atoms with E-state index >= 15 is 0 Å². The molecule has 5 nitrogen and oxygen atoms in total. The summed E-state index contributed by atoms with van der Waals surface area (Å²) in [6, 6.07) is 4.10. The Kier molecular flexibility index (Phi) is 3.58. The van der Waals surface area contributed by atoms with Crippen molar-refractivity contribution in [1.82, 2.24) is 4.98 Å². The van der Waals surface area contributed by atoms with E-state index in [9.17, 15) is 4.79 Å². The number of hydrogen-bond acceptors (Lipinski definition) is 4. The van der Waals surface area contributed by atoms with Crippen LogP contribution in [0.1, 0.15) is 29.6 Å². The van der Waals surface area contributed by atoms with Crippen LogP contribution in [0, 0.1) is 0 Å². The van der Waals surface area contributed by atoms with Gasteiger partial charge < -0.3 is 16.4 Å². The second-order valence-corrected chi connectivity index (χ2v) is 4.34. The maximum Gasteiger partial charge on any atom is 0.250 e. The van der Waals surface area contributed by atoms with Crippen molar-refractivity contribution in [3.63, 3.8) is 0 Å². The molecule has 17 heavy (non-hydrogen) atoms. The fourth-order valence-electron chi connectivity index (χ4n) is 2.02. The molecule has 0 radical (unpaired) electrons. The van der Waals surface area contributed by atoms with Crippen molar-refractivity contribution >= 4 is 11.7 Å². The third-order valence-electron chi connectivity index (χ3n) is 3.21. The average molecular weight is 234 g/mol. The van der Waals surface area contributed by atoms with Crippen LogP contribution >= 0.6 is 0 Å². The van der Waals surface area contributed by atoms with Crippen molar-refractivity contribution in [3.8, 4) is 0 Å². The summed E-state index contributed by atoms with van der Waals surface area (Å²) in [4.78, 5) is 17.5. The largest absolute Gasteiger partial charge is 0.366 e. The summed E-state index contributed by atoms with van der Waals surface area (Å²) < 4.78 is 0. The van der Waals surface area contributed by atoms with Crippen molar-refractivity contribution < 1.29 is 4.79 Å². The van der Waals surface area contributed by atoms with Crippen molar-refractivity contribution in [2.45, 2.75) is 25.3 Å². The van der Waals surface area contributed by atoms with Crippen molar-refractivity contribution in [2.24, 2.45) is 11.5 Å². The normalized spacial score (nSPS) is 15.4. The molecule has 0 atom stereocenters. The van der Waals surface area contributed by atoms with E-state index < -0.39 is 5.91 Å². The lowest BCUT2D eigenvalue weighted by atomic mass is 9.91. The number of hydrogen-bond donors (Lipinski definition) is 2. The molecule has 4 N–H and O–H groups in total. The van der Waals surface area contributed by atoms with E-state index in [1.54, 1.807) is 6.07 Å². The minimum Gasteiger partial charge on any atom is -0.366 e. The van der Waals surface area contributed by atoms with Gasteiger partial charge in [0, 0.05) is 25.3 Å². The first kappa shape index (κ1) is 11.9. The fourth-order valence-corrected chi connectivity index (χ4v) is 2.02. The molecular formula is C12H18N4O. The van der Waals surface area contributed by atoms with Crippen LogP contribution in [0.3, 0.4) is 0 Å². The van der Waals surface area contributed by atoms with Gasteiger partial charge in [0.05, 0.1) is 5.56 Å². The van der Waals surface area contributed by atoms with E-state index in [0.29, 0.717) is 18.2 Å². The first-order chi connectivity index (χ1) is 8.22. The van der Waals surface area contributed by atoms with E-state index in [4.69, 9.17) is 11.5 Å². The predicted octanol–water partition coefficient (Wildman–Crippen LogP) is 0.498. The summed E-state index contributed by atoms with van der Waals surface area (Å²) in [6.07, 6.45) is 5.18. The molecule has 0 bridgehead atoms. The van der Waals surface area contributed by atoms with Crippen LogP contribution in [-0.4, -0.2) is 30.0 Å². The number of amides is 1. The number of nitrogens with zero attached hydrogens (tertiary/aromatic N) is 2. The number of carbonyl (C=O) groups is 1. The number of rotatable bonds is 5. The highest BCUT2D eigenvalue weighted by molar-refractivity contribution is 5.92. The van der Waals surface area contributed by atoms with Crippen LogP contribution in [-0.2, 0) is 0 Å². The molecule has 1 heterocycles. The Morgan fingerprint density at radius 1 is 1.47 bits per heavy atom. The molecular weight excluding hydrogens is 216 g/mol. The number of pyridine rings is 1. The monoisotopic (exact) mass is 234 g/mol. The quantitative estimate of drug-likeness (QED) is 0.776. The minimum atomic E-state index is -0.446. The van der Waals surface area contributed by atoms with Gasteiger partial charge in [-0.05, 0) is 31.4 Å². The molecule has 1 fully saturated rings. The highest BCUT2D eigenvalue weighted by Crippen LogP contribution is 2.28. The van der Waals surface area contributed by atoms with E-state index in [2.05, 4.69) is 9.88 Å². The average Bonchev–Trinajstić information content (AvgIpc) is 2.26. The van der Waals surface area contributed by atoms with Gasteiger partial charge in [0.1, 0.15) is 5.82 Å². The lowest BCUT2D eigenvalue weighted by Gasteiger charge is -2.38. The predicted molar refractivity (Wildman–Crippen MR) is 66.8 cm³/mol. The zero-order chi connectivity index (χ0) is 12.3. The molecule has 1 aliphatic carbocycles. The smallest absolute Gasteiger partial charge is 0.250 e. The van der Waals surface area contributed by atoms with Crippen molar-refractivity contribution in [3.05, 3.63) is 23.9 Å². The second-order valence-electron chi connectivity index (χ2n) is 4.34. The zero-order valence-corrected chi connectivity index (χ0v) is 9.80. The van der Waals surface area contributed by atoms with Crippen molar-refractivity contribution in [1.29, 1.82) is 0 Å². The van der Waals surface area contributed by atoms with E-state index in [-0.39, 0.29) is 0 Å². The Labute approximate surface area is 101 Å². The number of nitrogens with two attached hydrogens (primary N) is 2. The van der Waals surface area contributed by atoms with Gasteiger partial charge in [-0.15, -0.1) is 0 Å². The molecule has 1 aromatic rings. The lowest BCUT2D eigenvalue weighted by Crippen LogP contribution is -2.43. The molecule has 1 aliphatic rings. The molecule has 92 valence electrons. The number of anilines is 1. The third kappa shape index (κ3) is 2.55. The number of primary amides is 1. The van der Waals surface area contributed by atoms with Crippen LogP contribution in [0.15, 0.2) is 18.3 Å². The fraction of sp³-hybridized carbons (Fsp3) is 0.500. The molecule has 0 aliphatic heterocycles. The number of aromatic nitrogens is 1. The Morgan fingerprint density at radius 2 is 2.24 bits per heavy atom. The van der Waals surface area contributed by atoms with Gasteiger partial charge in [0.2, 0.25) is 5.91 Å². The highest BCUT2D eigenvalue weighted by Gasteiger charge is 2.25. The molecule has 0 saturated heterocycles. The molecule has 0 unspecified atom stereocenters. The minimum absolute atomic E-state index is 0.440. The number of carbonyl (C=O) groups excluding carboxylic acids is 1. The summed E-state index contributed by atoms with van der Waals surface area (Å²) in [5, 5.41) is 0. The first-order valence-electron chi connectivity index (χ1n) is 5.95. The van der Waals surface area contributed by atoms with E-state index in [0.717, 1.165) is 12.4 Å². The van der Waals surface area contributed by atoms with Crippen LogP contribution in [0.4, 0.5) is 5.82 Å². The van der Waals surface area contributed by atoms with Gasteiger partial charge in [0.25, 0.3) is 0 Å². The molecule has 1 saturated carbocycles. The second kappa shape index (κ2) is 5.14. The lowest BCUT2D eigenvalue weighted by molar-refractivity contribution is 0.1000. The van der Waals surface area contributed by atoms with E-state index in [1.165, 1.54) is 25.5 Å². The Hall–Kier alpha value is -1.62. The van der Waals surface area contributed by atoms with E-state index in [1.807, 2.05) is 6.07 Å². The Bertz CT molecular complexity index is 386. The van der Waals surface area contributed by atoms with Crippen LogP contribution in [0.2, 0.25) is 0 Å². The SMILES string of the molecule is NCCN(c1ccc(C(N)=O)cn1)C1CCC1. The summed E-state index contributed by atoms with van der Waals surface area (Å²) in [6.45, 7) is 1.41.